The summed E-state index contributed by atoms with van der Waals surface area (Å²) in [6.07, 6.45) is 0. The van der Waals surface area contributed by atoms with Crippen LogP contribution in [0.4, 0.5) is 11.4 Å². The topological polar surface area (TPSA) is 65.2 Å². The highest BCUT2D eigenvalue weighted by atomic mass is 79.9. The maximum Gasteiger partial charge on any atom is 0.143 e. The smallest absolute Gasteiger partial charge is 0.143 e. The van der Waals surface area contributed by atoms with E-state index in [-0.39, 0.29) is 11.5 Å². The van der Waals surface area contributed by atoms with Crippen molar-refractivity contribution in [2.75, 3.05) is 0 Å². The molecule has 2 aromatic carbocycles. The molecule has 0 heterocycles. The van der Waals surface area contributed by atoms with E-state index in [1.165, 1.54) is 18.2 Å². The number of nitrogens with zero attached hydrogens (tertiary/aromatic N) is 2. The van der Waals surface area contributed by atoms with E-state index in [0.717, 1.165) is 4.47 Å². The third kappa shape index (κ3) is 3.04. The first kappa shape index (κ1) is 11.6. The molecule has 5 heteroatoms. The summed E-state index contributed by atoms with van der Waals surface area (Å²) in [6.45, 7) is 0. The van der Waals surface area contributed by atoms with Crippen molar-refractivity contribution in [1.29, 1.82) is 0 Å². The highest BCUT2D eigenvalue weighted by molar-refractivity contribution is 9.10. The number of phenolic OH excluding ortho intramolecular Hbond substituents is 2. The van der Waals surface area contributed by atoms with Crippen LogP contribution in [0.1, 0.15) is 0 Å². The van der Waals surface area contributed by atoms with E-state index in [2.05, 4.69) is 26.2 Å². The first-order valence-corrected chi connectivity index (χ1v) is 5.64. The number of hydrogen-bond acceptors (Lipinski definition) is 4. The Kier molecular flexibility index (Phi) is 3.39. The van der Waals surface area contributed by atoms with Gasteiger partial charge in [-0.1, -0.05) is 15.9 Å². The summed E-state index contributed by atoms with van der Waals surface area (Å²) in [4.78, 5) is 0. The number of hydrogen-bond donors (Lipinski definition) is 2. The van der Waals surface area contributed by atoms with Crippen molar-refractivity contribution < 1.29 is 10.2 Å². The zero-order chi connectivity index (χ0) is 12.3. The molecule has 0 atom stereocenters. The van der Waals surface area contributed by atoms with Crippen molar-refractivity contribution in [2.45, 2.75) is 0 Å². The van der Waals surface area contributed by atoms with Crippen LogP contribution in [0.2, 0.25) is 0 Å². The number of phenols is 2. The molecule has 0 spiro atoms. The largest absolute Gasteiger partial charge is 0.508 e. The lowest BCUT2D eigenvalue weighted by Crippen LogP contribution is -1.69. The molecule has 0 aliphatic rings. The van der Waals surface area contributed by atoms with Gasteiger partial charge in [0.25, 0.3) is 0 Å². The van der Waals surface area contributed by atoms with Gasteiger partial charge >= 0.3 is 0 Å². The number of azo groups is 1. The van der Waals surface area contributed by atoms with E-state index in [0.29, 0.717) is 11.4 Å². The lowest BCUT2D eigenvalue weighted by molar-refractivity contribution is 0.475. The van der Waals surface area contributed by atoms with Gasteiger partial charge in [-0.15, -0.1) is 5.11 Å². The molecule has 0 saturated heterocycles. The van der Waals surface area contributed by atoms with Gasteiger partial charge < -0.3 is 10.2 Å². The van der Waals surface area contributed by atoms with Crippen LogP contribution in [0, 0.1) is 0 Å². The summed E-state index contributed by atoms with van der Waals surface area (Å²) in [6, 6.07) is 11.2. The minimum absolute atomic E-state index is 0.0655. The van der Waals surface area contributed by atoms with Gasteiger partial charge in [-0.2, -0.15) is 5.11 Å². The summed E-state index contributed by atoms with van der Waals surface area (Å²) < 4.78 is 0.815. The van der Waals surface area contributed by atoms with E-state index < -0.39 is 0 Å². The molecule has 4 nitrogen and oxygen atoms in total. The number of rotatable bonds is 2. The molecule has 2 aromatic rings. The summed E-state index contributed by atoms with van der Waals surface area (Å²) in [5.41, 5.74) is 0.981. The fraction of sp³-hybridized carbons (Fsp3) is 0. The van der Waals surface area contributed by atoms with Crippen molar-refractivity contribution in [3.05, 3.63) is 46.9 Å². The van der Waals surface area contributed by atoms with Gasteiger partial charge in [0.15, 0.2) is 0 Å². The van der Waals surface area contributed by atoms with Gasteiger partial charge in [0.1, 0.15) is 17.2 Å². The van der Waals surface area contributed by atoms with Gasteiger partial charge in [0.2, 0.25) is 0 Å². The van der Waals surface area contributed by atoms with Crippen LogP contribution in [-0.4, -0.2) is 10.2 Å². The SMILES string of the molecule is Oc1ccc(N=Nc2cc(Br)ccc2O)cc1. The van der Waals surface area contributed by atoms with Gasteiger partial charge in [0, 0.05) is 4.47 Å². The quantitative estimate of drug-likeness (QED) is 0.812. The van der Waals surface area contributed by atoms with Crippen LogP contribution in [0.15, 0.2) is 57.2 Å². The average Bonchev–Trinajstić information content (AvgIpc) is 2.32. The lowest BCUT2D eigenvalue weighted by atomic mass is 10.3. The third-order valence-corrected chi connectivity index (χ3v) is 2.55. The zero-order valence-electron chi connectivity index (χ0n) is 8.71. The lowest BCUT2D eigenvalue weighted by Gasteiger charge is -1.98. The van der Waals surface area contributed by atoms with Gasteiger partial charge in [0.05, 0.1) is 5.69 Å². The second-order valence-electron chi connectivity index (χ2n) is 3.35. The molecule has 0 fully saturated rings. The fourth-order valence-corrected chi connectivity index (χ4v) is 1.56. The Morgan fingerprint density at radius 2 is 1.59 bits per heavy atom. The molecule has 0 unspecified atom stereocenters. The normalized spacial score (nSPS) is 10.9. The molecule has 0 saturated carbocycles. The maximum atomic E-state index is 9.54. The molecular weight excluding hydrogens is 284 g/mol. The van der Waals surface area contributed by atoms with Crippen LogP contribution in [0.3, 0.4) is 0 Å². The Morgan fingerprint density at radius 3 is 2.29 bits per heavy atom. The molecule has 0 amide bonds. The summed E-state index contributed by atoms with van der Waals surface area (Å²) in [7, 11) is 0. The summed E-state index contributed by atoms with van der Waals surface area (Å²) in [5.74, 6) is 0.241. The summed E-state index contributed by atoms with van der Waals surface area (Å²) in [5, 5.41) is 26.5. The Morgan fingerprint density at radius 1 is 0.882 bits per heavy atom. The zero-order valence-corrected chi connectivity index (χ0v) is 10.3. The van der Waals surface area contributed by atoms with Gasteiger partial charge in [-0.3, -0.25) is 0 Å². The van der Waals surface area contributed by atoms with Crippen molar-refractivity contribution in [3.8, 4) is 11.5 Å². The van der Waals surface area contributed by atoms with Crippen LogP contribution >= 0.6 is 15.9 Å². The molecule has 0 aliphatic carbocycles. The highest BCUT2D eigenvalue weighted by Crippen LogP contribution is 2.31. The molecule has 2 N–H and O–H groups in total. The first-order chi connectivity index (χ1) is 8.15. The maximum absolute atomic E-state index is 9.54. The Hall–Kier alpha value is -1.88. The minimum Gasteiger partial charge on any atom is -0.508 e. The van der Waals surface area contributed by atoms with Gasteiger partial charge in [-0.25, -0.2) is 0 Å². The van der Waals surface area contributed by atoms with E-state index in [9.17, 15) is 5.11 Å². The van der Waals surface area contributed by atoms with Crippen molar-refractivity contribution in [1.82, 2.24) is 0 Å². The molecule has 0 aliphatic heterocycles. The molecule has 17 heavy (non-hydrogen) atoms. The van der Waals surface area contributed by atoms with Crippen LogP contribution in [-0.2, 0) is 0 Å². The van der Waals surface area contributed by atoms with Crippen molar-refractivity contribution in [2.24, 2.45) is 10.2 Å². The van der Waals surface area contributed by atoms with E-state index in [1.807, 2.05) is 0 Å². The highest BCUT2D eigenvalue weighted by Gasteiger charge is 2.00. The van der Waals surface area contributed by atoms with E-state index >= 15 is 0 Å². The Balaban J connectivity index is 2.25. The monoisotopic (exact) mass is 292 g/mol. The van der Waals surface area contributed by atoms with Crippen LogP contribution in [0.25, 0.3) is 0 Å². The van der Waals surface area contributed by atoms with Crippen molar-refractivity contribution in [3.63, 3.8) is 0 Å². The van der Waals surface area contributed by atoms with Crippen molar-refractivity contribution >= 4 is 27.3 Å². The third-order valence-electron chi connectivity index (χ3n) is 2.06. The van der Waals surface area contributed by atoms with E-state index in [4.69, 9.17) is 5.11 Å². The number of halogens is 1. The van der Waals surface area contributed by atoms with Crippen LogP contribution in [0.5, 0.6) is 11.5 Å². The van der Waals surface area contributed by atoms with Gasteiger partial charge in [-0.05, 0) is 42.5 Å². The molecule has 86 valence electrons. The Bertz CT molecular complexity index is 553. The molecule has 0 bridgehead atoms. The summed E-state index contributed by atoms with van der Waals surface area (Å²) >= 11 is 3.29. The second kappa shape index (κ2) is 4.97. The predicted molar refractivity (Wildman–Crippen MR) is 68.1 cm³/mol. The second-order valence-corrected chi connectivity index (χ2v) is 4.27. The standard InChI is InChI=1S/C12H9BrN2O2/c13-8-1-6-12(17)11(7-8)15-14-9-2-4-10(16)5-3-9/h1-7,16-17H. The first-order valence-electron chi connectivity index (χ1n) is 4.84. The fourth-order valence-electron chi connectivity index (χ4n) is 1.21. The molecule has 2 rings (SSSR count). The predicted octanol–water partition coefficient (Wildman–Crippen LogP) is 4.28. The van der Waals surface area contributed by atoms with E-state index in [1.54, 1.807) is 24.3 Å². The Labute approximate surface area is 106 Å². The number of benzene rings is 2. The minimum atomic E-state index is 0.0655. The molecule has 0 aromatic heterocycles. The molecular formula is C12H9BrN2O2. The number of aromatic hydroxyl groups is 2. The average molecular weight is 293 g/mol. The van der Waals surface area contributed by atoms with Crippen LogP contribution < -0.4 is 0 Å². The molecule has 0 radical (unpaired) electrons.